The zero-order valence-electron chi connectivity index (χ0n) is 15.7. The molecular formula is C21H35NO3. The average Bonchev–Trinajstić information content (AvgIpc) is 3.20. The predicted molar refractivity (Wildman–Crippen MR) is 100 cm³/mol. The van der Waals surface area contributed by atoms with Gasteiger partial charge in [-0.25, -0.2) is 0 Å². The SMILES string of the molecule is CCCCCCCCCCCCNC(=O)C1C2C=CC(C2)C1C(=O)O. The number of carboxylic acids is 1. The van der Waals surface area contributed by atoms with Gasteiger partial charge in [-0.2, -0.15) is 0 Å². The molecule has 1 amide bonds. The summed E-state index contributed by atoms with van der Waals surface area (Å²) in [6.07, 6.45) is 17.6. The number of carbonyl (C=O) groups excluding carboxylic acids is 1. The van der Waals surface area contributed by atoms with Crippen LogP contribution < -0.4 is 5.32 Å². The third kappa shape index (κ3) is 5.86. The number of hydrogen-bond donors (Lipinski definition) is 2. The number of carbonyl (C=O) groups is 2. The highest BCUT2D eigenvalue weighted by Crippen LogP contribution is 2.48. The Hall–Kier alpha value is -1.32. The van der Waals surface area contributed by atoms with E-state index in [-0.39, 0.29) is 23.7 Å². The standard InChI is InChI=1S/C21H35NO3/c1-2-3-4-5-6-7-8-9-10-11-14-22-20(23)18-16-12-13-17(15-16)19(18)21(24)25/h12-13,16-19H,2-11,14-15H2,1H3,(H,22,23)(H,24,25). The van der Waals surface area contributed by atoms with Gasteiger partial charge in [-0.15, -0.1) is 0 Å². The van der Waals surface area contributed by atoms with Crippen molar-refractivity contribution in [2.24, 2.45) is 23.7 Å². The fraction of sp³-hybridized carbons (Fsp3) is 0.810. The number of nitrogens with one attached hydrogen (secondary N) is 1. The molecule has 0 heterocycles. The van der Waals surface area contributed by atoms with Crippen LogP contribution in [0, 0.1) is 23.7 Å². The Labute approximate surface area is 152 Å². The lowest BCUT2D eigenvalue weighted by Crippen LogP contribution is -2.40. The molecule has 0 aromatic heterocycles. The van der Waals surface area contributed by atoms with E-state index < -0.39 is 11.9 Å². The number of rotatable bonds is 13. The smallest absolute Gasteiger partial charge is 0.307 e. The van der Waals surface area contributed by atoms with Gasteiger partial charge in [0.25, 0.3) is 0 Å². The maximum atomic E-state index is 12.4. The summed E-state index contributed by atoms with van der Waals surface area (Å²) in [5.74, 6) is -1.59. The molecular weight excluding hydrogens is 314 g/mol. The number of allylic oxidation sites excluding steroid dienone is 2. The molecule has 2 aliphatic rings. The van der Waals surface area contributed by atoms with Crippen LogP contribution in [0.3, 0.4) is 0 Å². The summed E-state index contributed by atoms with van der Waals surface area (Å²) in [6, 6.07) is 0. The van der Waals surface area contributed by atoms with Crippen molar-refractivity contribution in [3.8, 4) is 0 Å². The van der Waals surface area contributed by atoms with Crippen molar-refractivity contribution < 1.29 is 14.7 Å². The van der Waals surface area contributed by atoms with E-state index in [0.29, 0.717) is 6.54 Å². The van der Waals surface area contributed by atoms with Gasteiger partial charge in [0.15, 0.2) is 0 Å². The number of hydrogen-bond acceptors (Lipinski definition) is 2. The third-order valence-electron chi connectivity index (χ3n) is 5.88. The lowest BCUT2D eigenvalue weighted by Gasteiger charge is -2.23. The summed E-state index contributed by atoms with van der Waals surface area (Å²) in [7, 11) is 0. The first-order valence-electron chi connectivity index (χ1n) is 10.3. The summed E-state index contributed by atoms with van der Waals surface area (Å²) < 4.78 is 0. The van der Waals surface area contributed by atoms with Crippen LogP contribution >= 0.6 is 0 Å². The Morgan fingerprint density at radius 1 is 0.880 bits per heavy atom. The predicted octanol–water partition coefficient (Wildman–Crippen LogP) is 4.55. The van der Waals surface area contributed by atoms with Crippen LogP contribution in [-0.4, -0.2) is 23.5 Å². The van der Waals surface area contributed by atoms with Crippen molar-refractivity contribution in [2.45, 2.75) is 77.6 Å². The van der Waals surface area contributed by atoms with Crippen molar-refractivity contribution in [3.63, 3.8) is 0 Å². The molecule has 2 bridgehead atoms. The van der Waals surface area contributed by atoms with Crippen LogP contribution in [-0.2, 0) is 9.59 Å². The number of unbranched alkanes of at least 4 members (excludes halogenated alkanes) is 9. The van der Waals surface area contributed by atoms with E-state index in [1.54, 1.807) is 0 Å². The Bertz CT molecular complexity index is 460. The Balaban J connectivity index is 1.52. The minimum atomic E-state index is -0.823. The molecule has 2 rings (SSSR count). The van der Waals surface area contributed by atoms with Gasteiger partial charge in [0.1, 0.15) is 0 Å². The van der Waals surface area contributed by atoms with Gasteiger partial charge < -0.3 is 10.4 Å². The maximum absolute atomic E-state index is 12.4. The van der Waals surface area contributed by atoms with E-state index >= 15 is 0 Å². The van der Waals surface area contributed by atoms with Crippen molar-refractivity contribution in [1.29, 1.82) is 0 Å². The van der Waals surface area contributed by atoms with Gasteiger partial charge in [0, 0.05) is 6.54 Å². The molecule has 0 aliphatic heterocycles. The molecule has 2 aliphatic carbocycles. The summed E-state index contributed by atoms with van der Waals surface area (Å²) in [5.41, 5.74) is 0. The molecule has 4 heteroatoms. The minimum Gasteiger partial charge on any atom is -0.481 e. The second kappa shape index (κ2) is 10.6. The first-order chi connectivity index (χ1) is 12.1. The van der Waals surface area contributed by atoms with Crippen molar-refractivity contribution in [1.82, 2.24) is 5.32 Å². The molecule has 0 aromatic rings. The van der Waals surface area contributed by atoms with Gasteiger partial charge >= 0.3 is 5.97 Å². The maximum Gasteiger partial charge on any atom is 0.307 e. The Kier molecular flexibility index (Phi) is 8.50. The topological polar surface area (TPSA) is 66.4 Å². The summed E-state index contributed by atoms with van der Waals surface area (Å²) in [6.45, 7) is 2.92. The zero-order chi connectivity index (χ0) is 18.1. The van der Waals surface area contributed by atoms with Crippen molar-refractivity contribution in [2.75, 3.05) is 6.54 Å². The first-order valence-corrected chi connectivity index (χ1v) is 10.3. The second-order valence-electron chi connectivity index (χ2n) is 7.81. The quantitative estimate of drug-likeness (QED) is 0.379. The zero-order valence-corrected chi connectivity index (χ0v) is 15.7. The number of fused-ring (bicyclic) bond motifs is 2. The van der Waals surface area contributed by atoms with Gasteiger partial charge in [0.05, 0.1) is 11.8 Å². The number of carboxylic acid groups (broad SMARTS) is 1. The monoisotopic (exact) mass is 349 g/mol. The van der Waals surface area contributed by atoms with Crippen molar-refractivity contribution in [3.05, 3.63) is 12.2 Å². The molecule has 0 radical (unpaired) electrons. The molecule has 4 atom stereocenters. The average molecular weight is 350 g/mol. The highest BCUT2D eigenvalue weighted by molar-refractivity contribution is 5.86. The van der Waals surface area contributed by atoms with Crippen LogP contribution in [0.25, 0.3) is 0 Å². The minimum absolute atomic E-state index is 0.0515. The van der Waals surface area contributed by atoms with E-state index in [1.807, 2.05) is 12.2 Å². The van der Waals surface area contributed by atoms with Gasteiger partial charge in [-0.05, 0) is 24.7 Å². The van der Waals surface area contributed by atoms with E-state index in [4.69, 9.17) is 0 Å². The summed E-state index contributed by atoms with van der Waals surface area (Å²) in [4.78, 5) is 23.9. The summed E-state index contributed by atoms with van der Waals surface area (Å²) in [5, 5.41) is 12.4. The molecule has 0 spiro atoms. The number of amides is 1. The van der Waals surface area contributed by atoms with Crippen LogP contribution in [0.15, 0.2) is 12.2 Å². The van der Waals surface area contributed by atoms with Crippen LogP contribution in [0.1, 0.15) is 77.6 Å². The molecule has 4 unspecified atom stereocenters. The Morgan fingerprint density at radius 3 is 1.96 bits per heavy atom. The molecule has 25 heavy (non-hydrogen) atoms. The normalized spacial score (nSPS) is 26.9. The van der Waals surface area contributed by atoms with E-state index in [2.05, 4.69) is 12.2 Å². The second-order valence-corrected chi connectivity index (χ2v) is 7.81. The molecule has 4 nitrogen and oxygen atoms in total. The summed E-state index contributed by atoms with van der Waals surface area (Å²) >= 11 is 0. The van der Waals surface area contributed by atoms with Crippen LogP contribution in [0.5, 0.6) is 0 Å². The molecule has 1 saturated carbocycles. The lowest BCUT2D eigenvalue weighted by atomic mass is 9.82. The lowest BCUT2D eigenvalue weighted by molar-refractivity contribution is -0.147. The van der Waals surface area contributed by atoms with Crippen molar-refractivity contribution >= 4 is 11.9 Å². The molecule has 2 N–H and O–H groups in total. The molecule has 1 fully saturated rings. The van der Waals surface area contributed by atoms with E-state index in [1.165, 1.54) is 51.4 Å². The van der Waals surface area contributed by atoms with Gasteiger partial charge in [0.2, 0.25) is 5.91 Å². The van der Waals surface area contributed by atoms with Gasteiger partial charge in [-0.3, -0.25) is 9.59 Å². The van der Waals surface area contributed by atoms with Gasteiger partial charge in [-0.1, -0.05) is 76.9 Å². The highest BCUT2D eigenvalue weighted by atomic mass is 16.4. The largest absolute Gasteiger partial charge is 0.481 e. The fourth-order valence-electron chi connectivity index (χ4n) is 4.46. The van der Waals surface area contributed by atoms with E-state index in [0.717, 1.165) is 19.3 Å². The first kappa shape index (κ1) is 20.0. The third-order valence-corrected chi connectivity index (χ3v) is 5.88. The Morgan fingerprint density at radius 2 is 1.40 bits per heavy atom. The van der Waals surface area contributed by atoms with E-state index in [9.17, 15) is 14.7 Å². The fourth-order valence-corrected chi connectivity index (χ4v) is 4.46. The molecule has 0 saturated heterocycles. The number of aliphatic carboxylic acids is 1. The highest BCUT2D eigenvalue weighted by Gasteiger charge is 2.51. The molecule has 142 valence electrons. The van der Waals surface area contributed by atoms with Crippen LogP contribution in [0.2, 0.25) is 0 Å². The van der Waals surface area contributed by atoms with Crippen LogP contribution in [0.4, 0.5) is 0 Å². The molecule has 0 aromatic carbocycles.